The molecule has 2 aliphatic rings. The molecule has 2 atom stereocenters. The van der Waals surface area contributed by atoms with Gasteiger partial charge in [0.1, 0.15) is 6.17 Å². The lowest BCUT2D eigenvalue weighted by Crippen LogP contribution is -2.54. The van der Waals surface area contributed by atoms with E-state index in [0.717, 1.165) is 19.1 Å². The summed E-state index contributed by atoms with van der Waals surface area (Å²) >= 11 is 0. The molecule has 0 spiro atoms. The Kier molecular flexibility index (Phi) is 4.73. The molecule has 9 heteroatoms. The Bertz CT molecular complexity index is 543. The molecule has 1 N–H and O–H groups in total. The SMILES string of the molecule is CS(=O)(=O)N1CC(CS(=O)(=O)N[C@@H]2CCCC[C@@H]2F)C1. The summed E-state index contributed by atoms with van der Waals surface area (Å²) in [6.45, 7) is 0.451. The summed E-state index contributed by atoms with van der Waals surface area (Å²) in [5, 5.41) is 0. The van der Waals surface area contributed by atoms with Crippen LogP contribution in [0.5, 0.6) is 0 Å². The molecule has 20 heavy (non-hydrogen) atoms. The van der Waals surface area contributed by atoms with Crippen LogP contribution in [-0.2, 0) is 20.0 Å². The van der Waals surface area contributed by atoms with Crippen LogP contribution in [0.4, 0.5) is 4.39 Å². The predicted octanol–water partition coefficient (Wildman–Crippen LogP) is 0.0779. The second-order valence-electron chi connectivity index (χ2n) is 5.75. The molecular weight excluding hydrogens is 307 g/mol. The Hall–Kier alpha value is -0.250. The van der Waals surface area contributed by atoms with Crippen LogP contribution in [0.3, 0.4) is 0 Å². The van der Waals surface area contributed by atoms with E-state index in [-0.39, 0.29) is 24.8 Å². The minimum Gasteiger partial charge on any atom is -0.246 e. The molecule has 2 fully saturated rings. The Morgan fingerprint density at radius 3 is 2.30 bits per heavy atom. The minimum atomic E-state index is -3.55. The molecule has 0 aromatic carbocycles. The summed E-state index contributed by atoms with van der Waals surface area (Å²) in [4.78, 5) is 0. The summed E-state index contributed by atoms with van der Waals surface area (Å²) in [5.41, 5.74) is 0. The van der Waals surface area contributed by atoms with E-state index in [9.17, 15) is 21.2 Å². The first-order valence-electron chi connectivity index (χ1n) is 6.76. The van der Waals surface area contributed by atoms with Crippen molar-refractivity contribution in [1.29, 1.82) is 0 Å². The van der Waals surface area contributed by atoms with Crippen molar-refractivity contribution in [1.82, 2.24) is 9.03 Å². The largest absolute Gasteiger partial charge is 0.246 e. The first-order valence-corrected chi connectivity index (χ1v) is 10.3. The van der Waals surface area contributed by atoms with Gasteiger partial charge in [0, 0.05) is 19.0 Å². The Labute approximate surface area is 119 Å². The van der Waals surface area contributed by atoms with Crippen molar-refractivity contribution in [2.24, 2.45) is 5.92 Å². The molecule has 1 saturated carbocycles. The quantitative estimate of drug-likeness (QED) is 0.774. The van der Waals surface area contributed by atoms with E-state index < -0.39 is 32.3 Å². The third-order valence-corrected chi connectivity index (χ3v) is 6.67. The van der Waals surface area contributed by atoms with Gasteiger partial charge in [-0.05, 0) is 12.8 Å². The van der Waals surface area contributed by atoms with E-state index >= 15 is 0 Å². The highest BCUT2D eigenvalue weighted by molar-refractivity contribution is 7.89. The van der Waals surface area contributed by atoms with E-state index in [1.807, 2.05) is 0 Å². The summed E-state index contributed by atoms with van der Waals surface area (Å²) in [6.07, 6.45) is 2.54. The van der Waals surface area contributed by atoms with Gasteiger partial charge < -0.3 is 0 Å². The maximum absolute atomic E-state index is 13.6. The van der Waals surface area contributed by atoms with Crippen LogP contribution >= 0.6 is 0 Å². The van der Waals surface area contributed by atoms with Crippen LogP contribution in [0.2, 0.25) is 0 Å². The molecule has 0 bridgehead atoms. The van der Waals surface area contributed by atoms with Crippen molar-refractivity contribution in [3.05, 3.63) is 0 Å². The normalized spacial score (nSPS) is 30.1. The molecule has 0 aromatic rings. The standard InChI is InChI=1S/C11H21FN2O4S2/c1-19(15,16)14-6-9(7-14)8-20(17,18)13-11-5-3-2-4-10(11)12/h9-11,13H,2-8H2,1H3/t10-,11+/m0/s1. The van der Waals surface area contributed by atoms with E-state index in [1.54, 1.807) is 0 Å². The third kappa shape index (κ3) is 4.12. The van der Waals surface area contributed by atoms with Gasteiger partial charge >= 0.3 is 0 Å². The van der Waals surface area contributed by atoms with Crippen LogP contribution in [-0.4, -0.2) is 58.5 Å². The molecule has 2 rings (SSSR count). The molecule has 1 heterocycles. The first-order chi connectivity index (χ1) is 9.17. The number of halogens is 1. The maximum atomic E-state index is 13.6. The van der Waals surface area contributed by atoms with E-state index in [1.165, 1.54) is 4.31 Å². The zero-order valence-electron chi connectivity index (χ0n) is 11.5. The monoisotopic (exact) mass is 328 g/mol. The van der Waals surface area contributed by atoms with Crippen molar-refractivity contribution >= 4 is 20.0 Å². The lowest BCUT2D eigenvalue weighted by Gasteiger charge is -2.37. The molecule has 0 aromatic heterocycles. The molecule has 0 amide bonds. The minimum absolute atomic E-state index is 0.137. The predicted molar refractivity (Wildman–Crippen MR) is 74.0 cm³/mol. The third-order valence-electron chi connectivity index (χ3n) is 3.86. The highest BCUT2D eigenvalue weighted by atomic mass is 32.2. The Balaban J connectivity index is 1.83. The Morgan fingerprint density at radius 2 is 1.75 bits per heavy atom. The molecule has 0 radical (unpaired) electrons. The average molecular weight is 328 g/mol. The number of alkyl halides is 1. The number of sulfonamides is 2. The molecule has 1 aliphatic heterocycles. The topological polar surface area (TPSA) is 83.6 Å². The maximum Gasteiger partial charge on any atom is 0.212 e. The van der Waals surface area contributed by atoms with Crippen molar-refractivity contribution < 1.29 is 21.2 Å². The van der Waals surface area contributed by atoms with Gasteiger partial charge in [-0.15, -0.1) is 0 Å². The van der Waals surface area contributed by atoms with Gasteiger partial charge in [0.2, 0.25) is 20.0 Å². The fraction of sp³-hybridized carbons (Fsp3) is 1.00. The molecule has 1 aliphatic carbocycles. The highest BCUT2D eigenvalue weighted by Gasteiger charge is 2.37. The van der Waals surface area contributed by atoms with Crippen molar-refractivity contribution in [2.45, 2.75) is 37.9 Å². The first kappa shape index (κ1) is 16.1. The summed E-state index contributed by atoms with van der Waals surface area (Å²) in [5.74, 6) is -0.341. The van der Waals surface area contributed by atoms with Crippen molar-refractivity contribution in [3.63, 3.8) is 0 Å². The van der Waals surface area contributed by atoms with Gasteiger partial charge in [0.05, 0.1) is 18.1 Å². The van der Waals surface area contributed by atoms with E-state index in [2.05, 4.69) is 4.72 Å². The summed E-state index contributed by atoms with van der Waals surface area (Å²) < 4.78 is 63.6. The molecule has 1 saturated heterocycles. The van der Waals surface area contributed by atoms with Crippen LogP contribution in [0, 0.1) is 5.92 Å². The van der Waals surface area contributed by atoms with Crippen LogP contribution in [0.1, 0.15) is 25.7 Å². The van der Waals surface area contributed by atoms with Crippen LogP contribution < -0.4 is 4.72 Å². The number of nitrogens with zero attached hydrogens (tertiary/aromatic N) is 1. The van der Waals surface area contributed by atoms with Crippen molar-refractivity contribution in [3.8, 4) is 0 Å². The fourth-order valence-electron chi connectivity index (χ4n) is 2.71. The van der Waals surface area contributed by atoms with E-state index in [4.69, 9.17) is 0 Å². The number of hydrogen-bond donors (Lipinski definition) is 1. The van der Waals surface area contributed by atoms with Gasteiger partial charge in [-0.2, -0.15) is 0 Å². The lowest BCUT2D eigenvalue weighted by atomic mass is 9.95. The summed E-state index contributed by atoms with van der Waals surface area (Å²) in [6, 6.07) is -0.625. The number of rotatable bonds is 5. The zero-order chi connectivity index (χ0) is 15.0. The van der Waals surface area contributed by atoms with Gasteiger partial charge in [-0.1, -0.05) is 12.8 Å². The van der Waals surface area contributed by atoms with Gasteiger partial charge in [0.15, 0.2) is 0 Å². The highest BCUT2D eigenvalue weighted by Crippen LogP contribution is 2.23. The second kappa shape index (κ2) is 5.86. The van der Waals surface area contributed by atoms with Crippen molar-refractivity contribution in [2.75, 3.05) is 25.1 Å². The molecule has 6 nitrogen and oxygen atoms in total. The van der Waals surface area contributed by atoms with Gasteiger partial charge in [0.25, 0.3) is 0 Å². The smallest absolute Gasteiger partial charge is 0.212 e. The number of hydrogen-bond acceptors (Lipinski definition) is 4. The lowest BCUT2D eigenvalue weighted by molar-refractivity contribution is 0.203. The van der Waals surface area contributed by atoms with Gasteiger partial charge in [-0.25, -0.2) is 30.3 Å². The van der Waals surface area contributed by atoms with Crippen LogP contribution in [0.15, 0.2) is 0 Å². The van der Waals surface area contributed by atoms with Crippen LogP contribution in [0.25, 0.3) is 0 Å². The molecule has 118 valence electrons. The second-order valence-corrected chi connectivity index (χ2v) is 9.53. The Morgan fingerprint density at radius 1 is 1.15 bits per heavy atom. The summed E-state index contributed by atoms with van der Waals surface area (Å²) in [7, 11) is -6.79. The zero-order valence-corrected chi connectivity index (χ0v) is 13.1. The van der Waals surface area contributed by atoms with E-state index in [0.29, 0.717) is 12.8 Å². The fourth-order valence-corrected chi connectivity index (χ4v) is 5.32. The molecular formula is C11H21FN2O4S2. The van der Waals surface area contributed by atoms with Gasteiger partial charge in [-0.3, -0.25) is 0 Å². The number of nitrogens with one attached hydrogen (secondary N) is 1. The average Bonchev–Trinajstić information content (AvgIpc) is 2.24. The molecule has 0 unspecified atom stereocenters.